The van der Waals surface area contributed by atoms with Crippen LogP contribution >= 0.6 is 15.9 Å². The van der Waals surface area contributed by atoms with Gasteiger partial charge in [-0.25, -0.2) is 10.2 Å². The zero-order valence-electron chi connectivity index (χ0n) is 9.16. The summed E-state index contributed by atoms with van der Waals surface area (Å²) in [5.41, 5.74) is 3.97. The van der Waals surface area contributed by atoms with E-state index in [1.807, 2.05) is 31.2 Å². The molecular formula is C11H13BrN2O2. The molecule has 5 heteroatoms. The molecule has 0 aliphatic heterocycles. The number of nitrogens with zero attached hydrogens (tertiary/aromatic N) is 1. The van der Waals surface area contributed by atoms with Crippen molar-refractivity contribution >= 4 is 27.7 Å². The van der Waals surface area contributed by atoms with E-state index in [1.165, 1.54) is 0 Å². The summed E-state index contributed by atoms with van der Waals surface area (Å²) in [6, 6.07) is 7.67. The molecule has 16 heavy (non-hydrogen) atoms. The third kappa shape index (κ3) is 4.02. The molecule has 0 atom stereocenters. The summed E-state index contributed by atoms with van der Waals surface area (Å²) in [4.78, 5) is 11.0. The number of hydrazone groups is 1. The number of hydrogen-bond donors (Lipinski definition) is 1. The monoisotopic (exact) mass is 284 g/mol. The Balaban J connectivity index is 2.67. The van der Waals surface area contributed by atoms with Crippen molar-refractivity contribution in [3.05, 3.63) is 34.3 Å². The van der Waals surface area contributed by atoms with Gasteiger partial charge in [-0.1, -0.05) is 28.1 Å². The molecular weight excluding hydrogens is 272 g/mol. The first-order chi connectivity index (χ1) is 7.63. The topological polar surface area (TPSA) is 50.7 Å². The van der Waals surface area contributed by atoms with E-state index in [9.17, 15) is 4.79 Å². The summed E-state index contributed by atoms with van der Waals surface area (Å²) >= 11 is 3.37. The molecule has 1 aromatic carbocycles. The van der Waals surface area contributed by atoms with Gasteiger partial charge in [-0.05, 0) is 31.5 Å². The molecule has 4 nitrogen and oxygen atoms in total. The average Bonchev–Trinajstić information content (AvgIpc) is 2.26. The Morgan fingerprint density at radius 2 is 2.31 bits per heavy atom. The van der Waals surface area contributed by atoms with Crippen LogP contribution in [0.3, 0.4) is 0 Å². The molecule has 1 aromatic rings. The minimum absolute atomic E-state index is 0.331. The molecule has 0 spiro atoms. The van der Waals surface area contributed by atoms with Gasteiger partial charge >= 0.3 is 6.09 Å². The molecule has 0 fully saturated rings. The maximum atomic E-state index is 11.0. The fraction of sp³-hybridized carbons (Fsp3) is 0.273. The van der Waals surface area contributed by atoms with E-state index in [2.05, 4.69) is 31.2 Å². The number of hydrogen-bond acceptors (Lipinski definition) is 3. The van der Waals surface area contributed by atoms with Crippen LogP contribution in [-0.4, -0.2) is 18.4 Å². The van der Waals surface area contributed by atoms with Crippen molar-refractivity contribution in [2.75, 3.05) is 6.61 Å². The second kappa shape index (κ2) is 6.27. The molecule has 0 aliphatic rings. The molecule has 0 saturated heterocycles. The van der Waals surface area contributed by atoms with Crippen LogP contribution in [0.4, 0.5) is 4.79 Å². The minimum Gasteiger partial charge on any atom is -0.449 e. The fourth-order valence-corrected chi connectivity index (χ4v) is 1.47. The second-order valence-electron chi connectivity index (χ2n) is 3.04. The van der Waals surface area contributed by atoms with Gasteiger partial charge in [-0.15, -0.1) is 0 Å². The Bertz CT molecular complexity index is 405. The molecule has 0 aliphatic carbocycles. The molecule has 0 saturated carbocycles. The number of nitrogens with one attached hydrogen (secondary N) is 1. The summed E-state index contributed by atoms with van der Waals surface area (Å²) in [6.45, 7) is 3.88. The summed E-state index contributed by atoms with van der Waals surface area (Å²) in [6.07, 6.45) is -0.545. The van der Waals surface area contributed by atoms with Gasteiger partial charge in [-0.3, -0.25) is 0 Å². The van der Waals surface area contributed by atoms with Crippen molar-refractivity contribution < 1.29 is 9.53 Å². The molecule has 0 radical (unpaired) electrons. The summed E-state index contributed by atoms with van der Waals surface area (Å²) in [5, 5.41) is 3.93. The number of benzene rings is 1. The van der Waals surface area contributed by atoms with Gasteiger partial charge in [0.05, 0.1) is 12.3 Å². The molecule has 1 amide bonds. The standard InChI is InChI=1S/C11H13BrN2O2/c1-3-16-11(15)14-13-8(2)9-5-4-6-10(12)7-9/h4-7H,3H2,1-2H3,(H,14,15)/b13-8+. The lowest BCUT2D eigenvalue weighted by molar-refractivity contribution is 0.152. The molecule has 1 N–H and O–H groups in total. The van der Waals surface area contributed by atoms with E-state index in [-0.39, 0.29) is 0 Å². The van der Waals surface area contributed by atoms with E-state index in [0.717, 1.165) is 10.0 Å². The summed E-state index contributed by atoms with van der Waals surface area (Å²) in [7, 11) is 0. The number of amides is 1. The number of rotatable bonds is 3. The maximum Gasteiger partial charge on any atom is 0.427 e. The first-order valence-corrected chi connectivity index (χ1v) is 5.65. The zero-order valence-corrected chi connectivity index (χ0v) is 10.7. The number of carbonyl (C=O) groups excluding carboxylic acids is 1. The van der Waals surface area contributed by atoms with Gasteiger partial charge in [-0.2, -0.15) is 5.10 Å². The highest BCUT2D eigenvalue weighted by atomic mass is 79.9. The van der Waals surface area contributed by atoms with E-state index in [4.69, 9.17) is 0 Å². The van der Waals surface area contributed by atoms with E-state index in [0.29, 0.717) is 12.3 Å². The summed E-state index contributed by atoms with van der Waals surface area (Å²) in [5.74, 6) is 0. The largest absolute Gasteiger partial charge is 0.449 e. The molecule has 1 rings (SSSR count). The van der Waals surface area contributed by atoms with Gasteiger partial charge in [0.1, 0.15) is 0 Å². The molecule has 0 bridgehead atoms. The molecule has 86 valence electrons. The lowest BCUT2D eigenvalue weighted by Crippen LogP contribution is -2.20. The van der Waals surface area contributed by atoms with Crippen molar-refractivity contribution in [1.82, 2.24) is 5.43 Å². The molecule has 0 aromatic heterocycles. The van der Waals surface area contributed by atoms with Crippen LogP contribution in [0.1, 0.15) is 19.4 Å². The Morgan fingerprint density at radius 3 is 2.94 bits per heavy atom. The number of ether oxygens (including phenoxy) is 1. The Kier molecular flexibility index (Phi) is 4.98. The third-order valence-electron chi connectivity index (χ3n) is 1.83. The SMILES string of the molecule is CCOC(=O)N/N=C(\C)c1cccc(Br)c1. The lowest BCUT2D eigenvalue weighted by atomic mass is 10.1. The lowest BCUT2D eigenvalue weighted by Gasteiger charge is -2.03. The average molecular weight is 285 g/mol. The second-order valence-corrected chi connectivity index (χ2v) is 3.96. The van der Waals surface area contributed by atoms with E-state index < -0.39 is 6.09 Å². The Morgan fingerprint density at radius 1 is 1.56 bits per heavy atom. The first kappa shape index (κ1) is 12.7. The van der Waals surface area contributed by atoms with Gasteiger partial charge in [0.2, 0.25) is 0 Å². The van der Waals surface area contributed by atoms with Gasteiger partial charge in [0.15, 0.2) is 0 Å². The van der Waals surface area contributed by atoms with Crippen molar-refractivity contribution in [2.45, 2.75) is 13.8 Å². The van der Waals surface area contributed by atoms with Crippen LogP contribution in [0.25, 0.3) is 0 Å². The van der Waals surface area contributed by atoms with Gasteiger partial charge in [0.25, 0.3) is 0 Å². The van der Waals surface area contributed by atoms with Crippen molar-refractivity contribution in [1.29, 1.82) is 0 Å². The third-order valence-corrected chi connectivity index (χ3v) is 2.33. The van der Waals surface area contributed by atoms with Crippen LogP contribution in [0.15, 0.2) is 33.8 Å². The van der Waals surface area contributed by atoms with E-state index >= 15 is 0 Å². The zero-order chi connectivity index (χ0) is 12.0. The fourth-order valence-electron chi connectivity index (χ4n) is 1.07. The maximum absolute atomic E-state index is 11.0. The quantitative estimate of drug-likeness (QED) is 0.685. The molecule has 0 heterocycles. The van der Waals surface area contributed by atoms with Crippen molar-refractivity contribution in [2.24, 2.45) is 5.10 Å². The highest BCUT2D eigenvalue weighted by Crippen LogP contribution is 2.12. The van der Waals surface area contributed by atoms with Crippen molar-refractivity contribution in [3.63, 3.8) is 0 Å². The Hall–Kier alpha value is -1.36. The smallest absolute Gasteiger partial charge is 0.427 e. The van der Waals surface area contributed by atoms with E-state index in [1.54, 1.807) is 6.92 Å². The van der Waals surface area contributed by atoms with Crippen LogP contribution in [-0.2, 0) is 4.74 Å². The van der Waals surface area contributed by atoms with Crippen LogP contribution in [0.2, 0.25) is 0 Å². The predicted molar refractivity (Wildman–Crippen MR) is 66.5 cm³/mol. The predicted octanol–water partition coefficient (Wildman–Crippen LogP) is 2.92. The highest BCUT2D eigenvalue weighted by Gasteiger charge is 2.00. The van der Waals surface area contributed by atoms with Crippen LogP contribution < -0.4 is 5.43 Å². The summed E-state index contributed by atoms with van der Waals surface area (Å²) < 4.78 is 5.65. The van der Waals surface area contributed by atoms with Gasteiger partial charge in [0, 0.05) is 4.47 Å². The van der Waals surface area contributed by atoms with Crippen LogP contribution in [0, 0.1) is 0 Å². The first-order valence-electron chi connectivity index (χ1n) is 4.86. The number of halogens is 1. The Labute approximate surface area is 103 Å². The highest BCUT2D eigenvalue weighted by molar-refractivity contribution is 9.10. The number of carbonyl (C=O) groups is 1. The molecule has 0 unspecified atom stereocenters. The van der Waals surface area contributed by atoms with Crippen LogP contribution in [0.5, 0.6) is 0 Å². The minimum atomic E-state index is -0.545. The normalized spacial score (nSPS) is 11.1. The van der Waals surface area contributed by atoms with Crippen molar-refractivity contribution in [3.8, 4) is 0 Å². The van der Waals surface area contributed by atoms with Gasteiger partial charge < -0.3 is 4.74 Å².